The molecular weight excluding hydrogens is 246 g/mol. The third kappa shape index (κ3) is 4.38. The highest BCUT2D eigenvalue weighted by Crippen LogP contribution is 2.14. The number of carboxylic acid groups (broad SMARTS) is 1. The summed E-state index contributed by atoms with van der Waals surface area (Å²) in [7, 11) is 1.77. The lowest BCUT2D eigenvalue weighted by molar-refractivity contribution is -0.138. The van der Waals surface area contributed by atoms with Crippen LogP contribution in [-0.4, -0.2) is 65.7 Å². The highest BCUT2D eigenvalue weighted by Gasteiger charge is 2.29. The summed E-state index contributed by atoms with van der Waals surface area (Å²) in [6.45, 7) is 5.42. The summed E-state index contributed by atoms with van der Waals surface area (Å²) in [5.74, 6) is -0.965. The molecule has 1 saturated heterocycles. The van der Waals surface area contributed by atoms with Crippen molar-refractivity contribution in [2.24, 2.45) is 0 Å². The van der Waals surface area contributed by atoms with Crippen molar-refractivity contribution in [2.45, 2.75) is 45.2 Å². The monoisotopic (exact) mass is 271 g/mol. The van der Waals surface area contributed by atoms with Gasteiger partial charge < -0.3 is 20.2 Å². The minimum absolute atomic E-state index is 0.0623. The van der Waals surface area contributed by atoms with Crippen molar-refractivity contribution in [2.75, 3.05) is 26.7 Å². The van der Waals surface area contributed by atoms with Crippen LogP contribution in [0.2, 0.25) is 0 Å². The first-order valence-electron chi connectivity index (χ1n) is 6.93. The zero-order valence-corrected chi connectivity index (χ0v) is 12.1. The first kappa shape index (κ1) is 15.8. The van der Waals surface area contributed by atoms with Crippen LogP contribution in [0, 0.1) is 0 Å². The maximum atomic E-state index is 12.4. The van der Waals surface area contributed by atoms with Gasteiger partial charge in [0, 0.05) is 19.1 Å². The van der Waals surface area contributed by atoms with Crippen molar-refractivity contribution < 1.29 is 14.7 Å². The van der Waals surface area contributed by atoms with Crippen LogP contribution in [0.4, 0.5) is 4.79 Å². The molecule has 0 aromatic heterocycles. The molecule has 1 aliphatic heterocycles. The Bertz CT molecular complexity index is 316. The third-order valence-corrected chi connectivity index (χ3v) is 3.83. The quantitative estimate of drug-likeness (QED) is 0.781. The van der Waals surface area contributed by atoms with Gasteiger partial charge in [0.05, 0.1) is 0 Å². The van der Waals surface area contributed by atoms with Crippen LogP contribution >= 0.6 is 0 Å². The van der Waals surface area contributed by atoms with E-state index in [1.165, 1.54) is 4.90 Å². The average Bonchev–Trinajstić information content (AvgIpc) is 2.43. The van der Waals surface area contributed by atoms with Crippen molar-refractivity contribution in [1.82, 2.24) is 15.1 Å². The Hall–Kier alpha value is -1.30. The number of nitrogens with zero attached hydrogens (tertiary/aromatic N) is 2. The second-order valence-corrected chi connectivity index (χ2v) is 5.15. The molecule has 0 aromatic rings. The van der Waals surface area contributed by atoms with Gasteiger partial charge in [0.2, 0.25) is 0 Å². The molecule has 1 heterocycles. The zero-order chi connectivity index (χ0) is 14.4. The Balaban J connectivity index is 2.70. The number of carboxylic acids is 1. The lowest BCUT2D eigenvalue weighted by Crippen LogP contribution is -2.52. The molecule has 110 valence electrons. The third-order valence-electron chi connectivity index (χ3n) is 3.83. The normalized spacial score (nSPS) is 17.8. The summed E-state index contributed by atoms with van der Waals surface area (Å²) < 4.78 is 0. The fourth-order valence-electron chi connectivity index (χ4n) is 2.33. The molecule has 0 aromatic carbocycles. The lowest BCUT2D eigenvalue weighted by atomic mass is 10.1. The zero-order valence-electron chi connectivity index (χ0n) is 12.1. The summed E-state index contributed by atoms with van der Waals surface area (Å²) in [5, 5.41) is 12.2. The van der Waals surface area contributed by atoms with Crippen molar-refractivity contribution in [3.63, 3.8) is 0 Å². The minimum atomic E-state index is -0.965. The van der Waals surface area contributed by atoms with E-state index in [0.29, 0.717) is 0 Å². The predicted molar refractivity (Wildman–Crippen MR) is 73.1 cm³/mol. The second-order valence-electron chi connectivity index (χ2n) is 5.15. The van der Waals surface area contributed by atoms with Crippen LogP contribution in [-0.2, 0) is 4.79 Å². The first-order chi connectivity index (χ1) is 8.97. The Morgan fingerprint density at radius 2 is 1.95 bits per heavy atom. The lowest BCUT2D eigenvalue weighted by Gasteiger charge is -2.37. The van der Waals surface area contributed by atoms with E-state index in [2.05, 4.69) is 5.32 Å². The molecule has 19 heavy (non-hydrogen) atoms. The van der Waals surface area contributed by atoms with E-state index >= 15 is 0 Å². The van der Waals surface area contributed by atoms with Gasteiger partial charge in [0.1, 0.15) is 6.54 Å². The van der Waals surface area contributed by atoms with Gasteiger partial charge in [-0.15, -0.1) is 0 Å². The van der Waals surface area contributed by atoms with Crippen LogP contribution in [0.25, 0.3) is 0 Å². The van der Waals surface area contributed by atoms with E-state index in [1.54, 1.807) is 11.9 Å². The van der Waals surface area contributed by atoms with Crippen LogP contribution in [0.15, 0.2) is 0 Å². The fourth-order valence-corrected chi connectivity index (χ4v) is 2.33. The Labute approximate surface area is 114 Å². The molecule has 2 amide bonds. The standard InChI is InChI=1S/C13H25N3O3/c1-4-10(2)16(9-12(17)18)13(19)15(3)11-5-7-14-8-6-11/h10-11,14H,4-9H2,1-3H3,(H,17,18). The molecule has 0 saturated carbocycles. The number of hydrogen-bond donors (Lipinski definition) is 2. The Morgan fingerprint density at radius 1 is 1.37 bits per heavy atom. The Kier molecular flexibility index (Phi) is 6.08. The average molecular weight is 271 g/mol. The molecule has 6 heteroatoms. The topological polar surface area (TPSA) is 72.9 Å². The van der Waals surface area contributed by atoms with Crippen LogP contribution in [0.5, 0.6) is 0 Å². The highest BCUT2D eigenvalue weighted by molar-refractivity contribution is 5.80. The van der Waals surface area contributed by atoms with Gasteiger partial charge >= 0.3 is 12.0 Å². The van der Waals surface area contributed by atoms with Crippen LogP contribution in [0.1, 0.15) is 33.1 Å². The number of nitrogens with one attached hydrogen (secondary N) is 1. The predicted octanol–water partition coefficient (Wildman–Crippen LogP) is 0.975. The molecule has 2 N–H and O–H groups in total. The van der Waals surface area contributed by atoms with E-state index in [1.807, 2.05) is 13.8 Å². The van der Waals surface area contributed by atoms with Crippen molar-refractivity contribution in [3.8, 4) is 0 Å². The van der Waals surface area contributed by atoms with E-state index in [-0.39, 0.29) is 24.7 Å². The largest absolute Gasteiger partial charge is 0.480 e. The van der Waals surface area contributed by atoms with Gasteiger partial charge in [-0.2, -0.15) is 0 Å². The number of hydrogen-bond acceptors (Lipinski definition) is 3. The summed E-state index contributed by atoms with van der Waals surface area (Å²) in [4.78, 5) is 26.5. The number of carbonyl (C=O) groups excluding carboxylic acids is 1. The molecule has 0 aliphatic carbocycles. The highest BCUT2D eigenvalue weighted by atomic mass is 16.4. The molecule has 1 fully saturated rings. The van der Waals surface area contributed by atoms with Gasteiger partial charge in [-0.05, 0) is 39.3 Å². The number of amides is 2. The molecule has 0 spiro atoms. The van der Waals surface area contributed by atoms with Crippen molar-refractivity contribution >= 4 is 12.0 Å². The molecule has 0 radical (unpaired) electrons. The second kappa shape index (κ2) is 7.33. The Morgan fingerprint density at radius 3 is 2.42 bits per heavy atom. The molecular formula is C13H25N3O3. The minimum Gasteiger partial charge on any atom is -0.480 e. The van der Waals surface area contributed by atoms with E-state index in [0.717, 1.165) is 32.4 Å². The number of piperidine rings is 1. The van der Waals surface area contributed by atoms with Crippen LogP contribution < -0.4 is 5.32 Å². The van der Waals surface area contributed by atoms with Crippen molar-refractivity contribution in [3.05, 3.63) is 0 Å². The molecule has 6 nitrogen and oxygen atoms in total. The summed E-state index contributed by atoms with van der Waals surface area (Å²) >= 11 is 0. The number of urea groups is 1. The van der Waals surface area contributed by atoms with E-state index < -0.39 is 5.97 Å². The van der Waals surface area contributed by atoms with Crippen LogP contribution in [0.3, 0.4) is 0 Å². The van der Waals surface area contributed by atoms with Gasteiger partial charge in [0.15, 0.2) is 0 Å². The maximum absolute atomic E-state index is 12.4. The number of carbonyl (C=O) groups is 2. The molecule has 0 bridgehead atoms. The first-order valence-corrected chi connectivity index (χ1v) is 6.93. The summed E-state index contributed by atoms with van der Waals surface area (Å²) in [6.07, 6.45) is 2.59. The maximum Gasteiger partial charge on any atom is 0.323 e. The molecule has 1 aliphatic rings. The summed E-state index contributed by atoms with van der Waals surface area (Å²) in [5.41, 5.74) is 0. The SMILES string of the molecule is CCC(C)N(CC(=O)O)C(=O)N(C)C1CCNCC1. The van der Waals surface area contributed by atoms with Gasteiger partial charge in [0.25, 0.3) is 0 Å². The molecule has 1 rings (SSSR count). The van der Waals surface area contributed by atoms with Crippen molar-refractivity contribution in [1.29, 1.82) is 0 Å². The fraction of sp³-hybridized carbons (Fsp3) is 0.846. The van der Waals surface area contributed by atoms with Gasteiger partial charge in [-0.25, -0.2) is 4.79 Å². The molecule has 1 atom stereocenters. The van der Waals surface area contributed by atoms with Gasteiger partial charge in [-0.1, -0.05) is 6.92 Å². The smallest absolute Gasteiger partial charge is 0.323 e. The molecule has 1 unspecified atom stereocenters. The van der Waals surface area contributed by atoms with E-state index in [9.17, 15) is 9.59 Å². The van der Waals surface area contributed by atoms with Gasteiger partial charge in [-0.3, -0.25) is 4.79 Å². The summed E-state index contributed by atoms with van der Waals surface area (Å²) in [6, 6.07) is -0.0366. The number of rotatable bonds is 5. The number of aliphatic carboxylic acids is 1. The van der Waals surface area contributed by atoms with E-state index in [4.69, 9.17) is 5.11 Å².